The second-order valence-electron chi connectivity index (χ2n) is 14.2. The van der Waals surface area contributed by atoms with Crippen molar-refractivity contribution in [3.05, 3.63) is 0 Å². The highest BCUT2D eigenvalue weighted by atomic mass is 19.4. The first kappa shape index (κ1) is 27.8. The molecule has 11 heteroatoms. The van der Waals surface area contributed by atoms with E-state index in [0.29, 0.717) is 51.4 Å². The lowest BCUT2D eigenvalue weighted by Crippen LogP contribution is -2.63. The number of likely N-dealkylation sites (tertiary alicyclic amines) is 1. The zero-order chi connectivity index (χ0) is 27.8. The summed E-state index contributed by atoms with van der Waals surface area (Å²) in [6, 6.07) is 0.939. The van der Waals surface area contributed by atoms with Crippen LogP contribution < -0.4 is 10.9 Å². The van der Waals surface area contributed by atoms with E-state index in [2.05, 4.69) is 15.8 Å². The molecule has 5 aliphatic heterocycles. The van der Waals surface area contributed by atoms with Gasteiger partial charge >= 0.3 is 6.18 Å². The third-order valence-electron chi connectivity index (χ3n) is 12.2. The van der Waals surface area contributed by atoms with Gasteiger partial charge in [-0.15, -0.1) is 0 Å². The maximum Gasteiger partial charge on any atom is 0.392 e. The van der Waals surface area contributed by atoms with E-state index < -0.39 is 41.7 Å². The summed E-state index contributed by atoms with van der Waals surface area (Å²) in [4.78, 5) is 20.1. The Balaban J connectivity index is 1.07. The second kappa shape index (κ2) is 10.3. The predicted octanol–water partition coefficient (Wildman–Crippen LogP) is 3.51. The summed E-state index contributed by atoms with van der Waals surface area (Å²) in [6.45, 7) is 2.18. The Bertz CT molecular complexity index is 945. The summed E-state index contributed by atoms with van der Waals surface area (Å²) in [6.07, 6.45) is 2.66. The van der Waals surface area contributed by atoms with Crippen LogP contribution in [0.2, 0.25) is 0 Å². The highest BCUT2D eigenvalue weighted by molar-refractivity contribution is 5.82. The smallest absolute Gasteiger partial charge is 0.380 e. The third kappa shape index (κ3) is 4.52. The molecule has 7 rings (SSSR count). The number of fused-ring (bicyclic) bond motifs is 3. The van der Waals surface area contributed by atoms with Gasteiger partial charge in [-0.05, 0) is 82.6 Å². The van der Waals surface area contributed by atoms with Crippen molar-refractivity contribution in [2.45, 2.75) is 101 Å². The van der Waals surface area contributed by atoms with Crippen molar-refractivity contribution < 1.29 is 27.1 Å². The Labute approximate surface area is 234 Å². The van der Waals surface area contributed by atoms with Gasteiger partial charge in [-0.2, -0.15) is 13.2 Å². The third-order valence-corrected chi connectivity index (χ3v) is 12.2. The standard InChI is InChI=1S/C29H45F4N5O2/c1-36-16-34-35-26(36)25(30)28(14-40-15-28)18-3-2-4-21(11-18)38-13-23-22(27(38)39)9-17(10-24(23)29(31,32)33)12-37-19-5-6-20(37)8-7-19/h17-26,34-35H,2-16H2,1H3/t17?,18?,19?,20?,21?,22?,23?,24?,25-,26?/m0/s1. The number of hydrogen-bond donors (Lipinski definition) is 2. The van der Waals surface area contributed by atoms with Gasteiger partial charge in [0.1, 0.15) is 12.3 Å². The Kier molecular flexibility index (Phi) is 7.17. The Hall–Kier alpha value is -1.01. The van der Waals surface area contributed by atoms with Crippen LogP contribution in [0.3, 0.4) is 0 Å². The lowest BCUT2D eigenvalue weighted by atomic mass is 9.63. The maximum atomic E-state index is 16.1. The first-order valence-corrected chi connectivity index (χ1v) is 15.7. The number of nitrogens with one attached hydrogen (secondary N) is 2. The quantitative estimate of drug-likeness (QED) is 0.476. The SMILES string of the molecule is CN1CNNC1[C@H](F)C1(C2CCCC(N3CC4C(CC(CN5C6CCC5CC6)CC4C(F)(F)F)C3=O)C2)COC1. The number of hydrogen-bond acceptors (Lipinski definition) is 6. The largest absolute Gasteiger partial charge is 0.392 e. The van der Waals surface area contributed by atoms with Gasteiger partial charge in [0.25, 0.3) is 0 Å². The van der Waals surface area contributed by atoms with E-state index in [9.17, 15) is 18.0 Å². The van der Waals surface area contributed by atoms with Crippen molar-refractivity contribution in [1.29, 1.82) is 0 Å². The average molecular weight is 572 g/mol. The average Bonchev–Trinajstić information content (AvgIpc) is 3.67. The van der Waals surface area contributed by atoms with E-state index >= 15 is 4.39 Å². The van der Waals surface area contributed by atoms with Crippen molar-refractivity contribution in [2.24, 2.45) is 35.0 Å². The van der Waals surface area contributed by atoms with E-state index in [-0.39, 0.29) is 36.8 Å². The fourth-order valence-electron chi connectivity index (χ4n) is 10.0. The van der Waals surface area contributed by atoms with Crippen LogP contribution in [0.25, 0.3) is 0 Å². The lowest BCUT2D eigenvalue weighted by molar-refractivity contribution is -0.205. The van der Waals surface area contributed by atoms with Gasteiger partial charge in [-0.25, -0.2) is 15.2 Å². The molecule has 7 unspecified atom stereocenters. The number of carbonyl (C=O) groups excluding carboxylic acids is 1. The zero-order valence-corrected chi connectivity index (χ0v) is 23.6. The summed E-state index contributed by atoms with van der Waals surface area (Å²) in [5, 5.41) is 0. The Morgan fingerprint density at radius 2 is 1.75 bits per heavy atom. The lowest BCUT2D eigenvalue weighted by Gasteiger charge is -2.53. The molecule has 0 spiro atoms. The second-order valence-corrected chi connectivity index (χ2v) is 14.2. The zero-order valence-electron chi connectivity index (χ0n) is 23.6. The number of hydrazine groups is 1. The number of alkyl halides is 4. The van der Waals surface area contributed by atoms with Crippen LogP contribution in [0.15, 0.2) is 0 Å². The number of rotatable bonds is 6. The fourth-order valence-corrected chi connectivity index (χ4v) is 10.0. The molecule has 5 saturated heterocycles. The van der Waals surface area contributed by atoms with Gasteiger partial charge in [0.05, 0.1) is 31.2 Å². The minimum Gasteiger partial charge on any atom is -0.380 e. The van der Waals surface area contributed by atoms with Crippen LogP contribution in [-0.4, -0.2) is 97.3 Å². The molecular weight excluding hydrogens is 526 g/mol. The van der Waals surface area contributed by atoms with E-state index in [0.717, 1.165) is 44.9 Å². The molecule has 8 atom stereocenters. The summed E-state index contributed by atoms with van der Waals surface area (Å²) >= 11 is 0. The monoisotopic (exact) mass is 571 g/mol. The molecule has 7 fully saturated rings. The van der Waals surface area contributed by atoms with Crippen molar-refractivity contribution in [2.75, 3.05) is 40.0 Å². The van der Waals surface area contributed by atoms with Crippen LogP contribution in [0.5, 0.6) is 0 Å². The van der Waals surface area contributed by atoms with E-state index in [1.165, 1.54) is 0 Å². The van der Waals surface area contributed by atoms with Crippen LogP contribution in [0, 0.1) is 35.0 Å². The van der Waals surface area contributed by atoms with Gasteiger partial charge in [-0.3, -0.25) is 14.6 Å². The normalized spacial score (nSPS) is 44.7. The van der Waals surface area contributed by atoms with Crippen molar-refractivity contribution in [3.63, 3.8) is 0 Å². The van der Waals surface area contributed by atoms with Gasteiger partial charge in [0.2, 0.25) is 5.91 Å². The molecule has 2 bridgehead atoms. The Morgan fingerprint density at radius 1 is 1.02 bits per heavy atom. The minimum absolute atomic E-state index is 0.0398. The van der Waals surface area contributed by atoms with Gasteiger partial charge in [0, 0.05) is 37.1 Å². The summed E-state index contributed by atoms with van der Waals surface area (Å²) < 4.78 is 65.0. The molecule has 5 heterocycles. The summed E-state index contributed by atoms with van der Waals surface area (Å²) in [5.41, 5.74) is 5.44. The number of halogens is 4. The molecule has 40 heavy (non-hydrogen) atoms. The first-order chi connectivity index (χ1) is 19.2. The molecule has 7 aliphatic rings. The molecule has 1 amide bonds. The number of amides is 1. The number of carbonyl (C=O) groups is 1. The molecule has 2 N–H and O–H groups in total. The van der Waals surface area contributed by atoms with Crippen molar-refractivity contribution in [1.82, 2.24) is 25.6 Å². The molecule has 0 aromatic heterocycles. The highest BCUT2D eigenvalue weighted by Gasteiger charge is 2.60. The number of ether oxygens (including phenoxy) is 1. The number of nitrogens with zero attached hydrogens (tertiary/aromatic N) is 3. The minimum atomic E-state index is -4.29. The van der Waals surface area contributed by atoms with Gasteiger partial charge in [0.15, 0.2) is 0 Å². The van der Waals surface area contributed by atoms with E-state index in [4.69, 9.17) is 4.74 Å². The molecule has 0 radical (unpaired) electrons. The maximum absolute atomic E-state index is 16.1. The van der Waals surface area contributed by atoms with Crippen LogP contribution in [0.4, 0.5) is 17.6 Å². The van der Waals surface area contributed by atoms with E-state index in [1.807, 2.05) is 16.8 Å². The van der Waals surface area contributed by atoms with Crippen molar-refractivity contribution >= 4 is 5.91 Å². The molecule has 2 saturated carbocycles. The fraction of sp³-hybridized carbons (Fsp3) is 0.966. The Morgan fingerprint density at radius 3 is 2.35 bits per heavy atom. The topological polar surface area (TPSA) is 60.1 Å². The first-order valence-electron chi connectivity index (χ1n) is 15.7. The van der Waals surface area contributed by atoms with Crippen molar-refractivity contribution in [3.8, 4) is 0 Å². The molecule has 0 aromatic carbocycles. The predicted molar refractivity (Wildman–Crippen MR) is 140 cm³/mol. The summed E-state index contributed by atoms with van der Waals surface area (Å²) in [5.74, 6) is -2.72. The summed E-state index contributed by atoms with van der Waals surface area (Å²) in [7, 11) is 1.88. The molecule has 7 nitrogen and oxygen atoms in total. The molecule has 226 valence electrons. The van der Waals surface area contributed by atoms with Gasteiger partial charge in [-0.1, -0.05) is 6.42 Å². The van der Waals surface area contributed by atoms with E-state index in [1.54, 1.807) is 0 Å². The van der Waals surface area contributed by atoms with Crippen LogP contribution in [0.1, 0.15) is 64.2 Å². The van der Waals surface area contributed by atoms with Crippen LogP contribution in [-0.2, 0) is 9.53 Å². The highest BCUT2D eigenvalue weighted by Crippen LogP contribution is 2.54. The van der Waals surface area contributed by atoms with Gasteiger partial charge < -0.3 is 9.64 Å². The van der Waals surface area contributed by atoms with Crippen LogP contribution >= 0.6 is 0 Å². The molecule has 0 aromatic rings. The molecular formula is C29H45F4N5O2. The molecule has 2 aliphatic carbocycles.